The van der Waals surface area contributed by atoms with Gasteiger partial charge >= 0.3 is 0 Å². The van der Waals surface area contributed by atoms with E-state index >= 15 is 0 Å². The van der Waals surface area contributed by atoms with Crippen LogP contribution in [0.3, 0.4) is 0 Å². The van der Waals surface area contributed by atoms with Crippen LogP contribution in [0.25, 0.3) is 0 Å². The number of carbonyl (C=O) groups is 1. The number of carbonyl (C=O) groups excluding carboxylic acids is 1. The van der Waals surface area contributed by atoms with Crippen LogP contribution in [0.2, 0.25) is 0 Å². The van der Waals surface area contributed by atoms with E-state index in [0.717, 1.165) is 22.2 Å². The van der Waals surface area contributed by atoms with E-state index in [4.69, 9.17) is 4.42 Å². The quantitative estimate of drug-likeness (QED) is 0.681. The van der Waals surface area contributed by atoms with Crippen molar-refractivity contribution < 1.29 is 9.21 Å². The highest BCUT2D eigenvalue weighted by Gasteiger charge is 2.11. The number of aryl methyl sites for hydroxylation is 1. The molecule has 20 heavy (non-hydrogen) atoms. The topological polar surface area (TPSA) is 54.6 Å². The maximum atomic E-state index is 12.0. The molecule has 0 aliphatic rings. The summed E-state index contributed by atoms with van der Waals surface area (Å²) in [5.74, 6) is 0.315. The number of rotatable bonds is 4. The van der Waals surface area contributed by atoms with Gasteiger partial charge in [0.25, 0.3) is 5.91 Å². The van der Waals surface area contributed by atoms with E-state index in [-0.39, 0.29) is 5.91 Å². The number of benzene rings is 1. The molecule has 2 aromatic rings. The Morgan fingerprint density at radius 2 is 2.20 bits per heavy atom. The minimum absolute atomic E-state index is 0.266. The Balaban J connectivity index is 2.16. The third-order valence-corrected chi connectivity index (χ3v) is 3.38. The molecule has 0 aliphatic carbocycles. The summed E-state index contributed by atoms with van der Waals surface area (Å²) in [6.45, 7) is 3.74. The predicted molar refractivity (Wildman–Crippen MR) is 81.9 cm³/mol. The van der Waals surface area contributed by atoms with Crippen LogP contribution < -0.4 is 5.43 Å². The summed E-state index contributed by atoms with van der Waals surface area (Å²) < 4.78 is 6.08. The third kappa shape index (κ3) is 3.36. The van der Waals surface area contributed by atoms with Crippen molar-refractivity contribution in [2.24, 2.45) is 5.10 Å². The number of nitrogens with one attached hydrogen (secondary N) is 1. The Morgan fingerprint density at radius 3 is 2.80 bits per heavy atom. The fourth-order valence-corrected chi connectivity index (χ4v) is 2.21. The molecule has 0 fully saturated rings. The molecular formula is C15H15BrN2O2. The van der Waals surface area contributed by atoms with Gasteiger partial charge in [-0.15, -0.1) is 0 Å². The SMILES string of the molecule is CC/C(=N/NC(=O)c1ccoc1C)c1cccc(Br)c1. The first-order valence-corrected chi connectivity index (χ1v) is 7.08. The summed E-state index contributed by atoms with van der Waals surface area (Å²) in [7, 11) is 0. The average molecular weight is 335 g/mol. The minimum Gasteiger partial charge on any atom is -0.469 e. The van der Waals surface area contributed by atoms with E-state index < -0.39 is 0 Å². The van der Waals surface area contributed by atoms with Crippen molar-refractivity contribution in [1.29, 1.82) is 0 Å². The largest absolute Gasteiger partial charge is 0.469 e. The normalized spacial score (nSPS) is 11.4. The van der Waals surface area contributed by atoms with Crippen LogP contribution in [0.1, 0.15) is 35.0 Å². The molecule has 0 saturated heterocycles. The number of hydrogen-bond donors (Lipinski definition) is 1. The Bertz CT molecular complexity index is 647. The third-order valence-electron chi connectivity index (χ3n) is 2.89. The van der Waals surface area contributed by atoms with Gasteiger partial charge in [0.1, 0.15) is 5.76 Å². The first kappa shape index (κ1) is 14.5. The van der Waals surface area contributed by atoms with Gasteiger partial charge in [-0.1, -0.05) is 35.0 Å². The van der Waals surface area contributed by atoms with Crippen LogP contribution in [-0.4, -0.2) is 11.6 Å². The second-order valence-electron chi connectivity index (χ2n) is 4.25. The molecule has 0 spiro atoms. The van der Waals surface area contributed by atoms with Crippen LogP contribution >= 0.6 is 15.9 Å². The highest BCUT2D eigenvalue weighted by Crippen LogP contribution is 2.14. The van der Waals surface area contributed by atoms with E-state index in [9.17, 15) is 4.79 Å². The van der Waals surface area contributed by atoms with Gasteiger partial charge in [-0.3, -0.25) is 4.79 Å². The van der Waals surface area contributed by atoms with Gasteiger partial charge < -0.3 is 4.42 Å². The van der Waals surface area contributed by atoms with Crippen LogP contribution in [0.5, 0.6) is 0 Å². The number of furan rings is 1. The molecule has 1 heterocycles. The van der Waals surface area contributed by atoms with Gasteiger partial charge in [0.05, 0.1) is 17.5 Å². The number of hydrogen-bond acceptors (Lipinski definition) is 3. The lowest BCUT2D eigenvalue weighted by Crippen LogP contribution is -2.20. The molecule has 1 amide bonds. The summed E-state index contributed by atoms with van der Waals surface area (Å²) in [5.41, 5.74) is 4.87. The molecule has 0 unspecified atom stereocenters. The lowest BCUT2D eigenvalue weighted by Gasteiger charge is -2.05. The van der Waals surface area contributed by atoms with Crippen molar-refractivity contribution in [1.82, 2.24) is 5.43 Å². The van der Waals surface area contributed by atoms with Crippen LogP contribution in [0.4, 0.5) is 0 Å². The first-order chi connectivity index (χ1) is 9.61. The van der Waals surface area contributed by atoms with Gasteiger partial charge in [0.2, 0.25) is 0 Å². The summed E-state index contributed by atoms with van der Waals surface area (Å²) in [6, 6.07) is 9.45. The van der Waals surface area contributed by atoms with Crippen molar-refractivity contribution in [3.8, 4) is 0 Å². The molecule has 0 bridgehead atoms. The molecule has 2 rings (SSSR count). The highest BCUT2D eigenvalue weighted by molar-refractivity contribution is 9.10. The van der Waals surface area contributed by atoms with Crippen molar-refractivity contribution in [3.63, 3.8) is 0 Å². The smallest absolute Gasteiger partial charge is 0.274 e. The van der Waals surface area contributed by atoms with Gasteiger partial charge in [-0.25, -0.2) is 5.43 Å². The fraction of sp³-hybridized carbons (Fsp3) is 0.200. The molecule has 0 aliphatic heterocycles. The van der Waals surface area contributed by atoms with Crippen LogP contribution in [0, 0.1) is 6.92 Å². The average Bonchev–Trinajstić information content (AvgIpc) is 2.85. The number of amides is 1. The molecule has 1 N–H and O–H groups in total. The zero-order chi connectivity index (χ0) is 14.5. The van der Waals surface area contributed by atoms with Crippen LogP contribution in [-0.2, 0) is 0 Å². The summed E-state index contributed by atoms with van der Waals surface area (Å²) >= 11 is 3.43. The summed E-state index contributed by atoms with van der Waals surface area (Å²) in [5, 5.41) is 4.21. The Hall–Kier alpha value is -1.88. The fourth-order valence-electron chi connectivity index (χ4n) is 1.81. The Morgan fingerprint density at radius 1 is 1.40 bits per heavy atom. The summed E-state index contributed by atoms with van der Waals surface area (Å²) in [4.78, 5) is 12.0. The molecule has 1 aromatic carbocycles. The van der Waals surface area contributed by atoms with E-state index in [1.165, 1.54) is 6.26 Å². The molecule has 4 nitrogen and oxygen atoms in total. The second kappa shape index (κ2) is 6.52. The lowest BCUT2D eigenvalue weighted by molar-refractivity contribution is 0.0953. The highest BCUT2D eigenvalue weighted by atomic mass is 79.9. The number of halogens is 1. The number of nitrogens with zero attached hydrogens (tertiary/aromatic N) is 1. The van der Waals surface area contributed by atoms with Crippen molar-refractivity contribution >= 4 is 27.5 Å². The van der Waals surface area contributed by atoms with Gasteiger partial charge in [-0.2, -0.15) is 5.10 Å². The predicted octanol–water partition coefficient (Wildman–Crippen LogP) is 3.89. The van der Waals surface area contributed by atoms with Gasteiger partial charge in [0.15, 0.2) is 0 Å². The van der Waals surface area contributed by atoms with Crippen molar-refractivity contribution in [3.05, 3.63) is 58.0 Å². The molecule has 0 atom stereocenters. The first-order valence-electron chi connectivity index (χ1n) is 6.28. The van der Waals surface area contributed by atoms with E-state index in [1.54, 1.807) is 13.0 Å². The molecular weight excluding hydrogens is 320 g/mol. The van der Waals surface area contributed by atoms with E-state index in [1.807, 2.05) is 31.2 Å². The van der Waals surface area contributed by atoms with Crippen LogP contribution in [0.15, 0.2) is 50.6 Å². The maximum absolute atomic E-state index is 12.0. The zero-order valence-corrected chi connectivity index (χ0v) is 12.9. The number of hydrazone groups is 1. The Labute approximate surface area is 126 Å². The van der Waals surface area contributed by atoms with Gasteiger partial charge in [0, 0.05) is 4.47 Å². The standard InChI is InChI=1S/C15H15BrN2O2/c1-3-14(11-5-4-6-12(16)9-11)17-18-15(19)13-7-8-20-10(13)2/h4-9H,3H2,1-2H3,(H,18,19)/b17-14-. The monoisotopic (exact) mass is 334 g/mol. The van der Waals surface area contributed by atoms with Crippen molar-refractivity contribution in [2.75, 3.05) is 0 Å². The van der Waals surface area contributed by atoms with E-state index in [0.29, 0.717) is 11.3 Å². The molecule has 104 valence electrons. The second-order valence-corrected chi connectivity index (χ2v) is 5.17. The zero-order valence-electron chi connectivity index (χ0n) is 11.3. The molecule has 0 saturated carbocycles. The minimum atomic E-state index is -0.266. The van der Waals surface area contributed by atoms with Crippen molar-refractivity contribution in [2.45, 2.75) is 20.3 Å². The molecule has 5 heteroatoms. The summed E-state index contributed by atoms with van der Waals surface area (Å²) in [6.07, 6.45) is 2.21. The Kier molecular flexibility index (Phi) is 4.74. The van der Waals surface area contributed by atoms with E-state index in [2.05, 4.69) is 26.5 Å². The molecule has 1 aromatic heterocycles. The lowest BCUT2D eigenvalue weighted by atomic mass is 10.1. The molecule has 0 radical (unpaired) electrons. The van der Waals surface area contributed by atoms with Gasteiger partial charge in [-0.05, 0) is 37.1 Å². The maximum Gasteiger partial charge on any atom is 0.274 e.